The molecule has 0 N–H and O–H groups in total. The maximum atomic E-state index is 14.0. The summed E-state index contributed by atoms with van der Waals surface area (Å²) in [5.41, 5.74) is 0.549. The summed E-state index contributed by atoms with van der Waals surface area (Å²) in [5, 5.41) is 0.117. The van der Waals surface area contributed by atoms with Crippen molar-refractivity contribution in [1.82, 2.24) is 4.98 Å². The zero-order chi connectivity index (χ0) is 25.7. The number of amides is 1. The summed E-state index contributed by atoms with van der Waals surface area (Å²) >= 11 is 0.928. The summed E-state index contributed by atoms with van der Waals surface area (Å²) in [6, 6.07) is 8.59. The van der Waals surface area contributed by atoms with Gasteiger partial charge in [-0.15, -0.1) is 0 Å². The Morgan fingerprint density at radius 3 is 2.42 bits per heavy atom. The highest BCUT2D eigenvalue weighted by Gasteiger charge is 2.45. The van der Waals surface area contributed by atoms with Gasteiger partial charge in [0.05, 0.1) is 42.5 Å². The molecule has 182 valence electrons. The van der Waals surface area contributed by atoms with Gasteiger partial charge in [0.15, 0.2) is 10.6 Å². The van der Waals surface area contributed by atoms with Gasteiger partial charge in [-0.1, -0.05) is 23.5 Å². The van der Waals surface area contributed by atoms with Gasteiger partial charge >= 0.3 is 11.9 Å². The molecule has 1 aliphatic rings. The number of aromatic nitrogens is 1. The number of esters is 2. The summed E-state index contributed by atoms with van der Waals surface area (Å²) in [6.45, 7) is 1.60. The molecule has 0 bridgehead atoms. The number of hydrogen-bond donors (Lipinski definition) is 0. The van der Waals surface area contributed by atoms with Crippen LogP contribution in [0.1, 0.15) is 53.4 Å². The molecule has 0 radical (unpaired) electrons. The van der Waals surface area contributed by atoms with Gasteiger partial charge in [-0.25, -0.2) is 19.0 Å². The van der Waals surface area contributed by atoms with E-state index in [-0.39, 0.29) is 37.9 Å². The molecule has 1 aliphatic heterocycles. The molecule has 2 aromatic carbocycles. The Morgan fingerprint density at radius 2 is 1.75 bits per heavy atom. The summed E-state index contributed by atoms with van der Waals surface area (Å²) < 4.78 is 29.3. The van der Waals surface area contributed by atoms with Gasteiger partial charge < -0.3 is 13.9 Å². The van der Waals surface area contributed by atoms with Crippen LogP contribution in [0.3, 0.4) is 0 Å². The number of nitrogens with zero attached hydrogens (tertiary/aromatic N) is 2. The third kappa shape index (κ3) is 3.55. The van der Waals surface area contributed by atoms with E-state index >= 15 is 0 Å². The number of benzene rings is 2. The molecular weight excluding hydrogens is 491 g/mol. The Balaban J connectivity index is 1.75. The van der Waals surface area contributed by atoms with Gasteiger partial charge in [-0.3, -0.25) is 14.5 Å². The van der Waals surface area contributed by atoms with Crippen molar-refractivity contribution in [3.8, 4) is 0 Å². The fourth-order valence-electron chi connectivity index (χ4n) is 4.14. The van der Waals surface area contributed by atoms with Crippen LogP contribution in [0, 0.1) is 12.7 Å². The van der Waals surface area contributed by atoms with E-state index in [0.717, 1.165) is 23.5 Å². The quantitative estimate of drug-likeness (QED) is 0.380. The molecule has 3 heterocycles. The number of aryl methyl sites for hydroxylation is 1. The molecule has 1 amide bonds. The van der Waals surface area contributed by atoms with E-state index in [1.807, 2.05) is 0 Å². The Labute approximate surface area is 206 Å². The van der Waals surface area contributed by atoms with Crippen molar-refractivity contribution in [1.29, 1.82) is 0 Å². The largest absolute Gasteiger partial charge is 0.465 e. The normalized spacial score (nSPS) is 14.7. The predicted octanol–water partition coefficient (Wildman–Crippen LogP) is 4.02. The monoisotopic (exact) mass is 508 g/mol. The van der Waals surface area contributed by atoms with Gasteiger partial charge in [0.1, 0.15) is 16.3 Å². The first-order chi connectivity index (χ1) is 17.2. The predicted molar refractivity (Wildman–Crippen MR) is 127 cm³/mol. The fraction of sp³-hybridized carbons (Fsp3) is 0.160. The number of carbonyl (C=O) groups is 3. The van der Waals surface area contributed by atoms with Crippen LogP contribution >= 0.6 is 11.3 Å². The number of carbonyl (C=O) groups excluding carboxylic acids is 3. The van der Waals surface area contributed by atoms with Crippen molar-refractivity contribution in [2.75, 3.05) is 19.1 Å². The van der Waals surface area contributed by atoms with Crippen molar-refractivity contribution in [2.24, 2.45) is 0 Å². The molecule has 11 heteroatoms. The van der Waals surface area contributed by atoms with Gasteiger partial charge in [0.2, 0.25) is 5.76 Å². The highest BCUT2D eigenvalue weighted by molar-refractivity contribution is 7.17. The van der Waals surface area contributed by atoms with E-state index in [4.69, 9.17) is 13.9 Å². The van der Waals surface area contributed by atoms with Crippen molar-refractivity contribution in [3.63, 3.8) is 0 Å². The third-order valence-electron chi connectivity index (χ3n) is 5.84. The first kappa shape index (κ1) is 23.4. The Hall–Kier alpha value is -4.38. The average Bonchev–Trinajstić information content (AvgIpc) is 3.41. The van der Waals surface area contributed by atoms with E-state index in [1.165, 1.54) is 37.3 Å². The SMILES string of the molecule is COC(=O)c1ccc(C2c3c(oc4ccc(F)cc4c3=O)C(=O)N2c2nc(C)c(C(=O)OC)s2)cc1. The minimum atomic E-state index is -1.01. The van der Waals surface area contributed by atoms with Crippen molar-refractivity contribution in [3.05, 3.63) is 91.5 Å². The third-order valence-corrected chi connectivity index (χ3v) is 6.98. The van der Waals surface area contributed by atoms with Crippen LogP contribution in [-0.2, 0) is 9.47 Å². The van der Waals surface area contributed by atoms with Crippen molar-refractivity contribution >= 4 is 45.3 Å². The molecule has 0 fully saturated rings. The lowest BCUT2D eigenvalue weighted by Gasteiger charge is -2.22. The number of anilines is 1. The van der Waals surface area contributed by atoms with Crippen molar-refractivity contribution < 1.29 is 32.7 Å². The fourth-order valence-corrected chi connectivity index (χ4v) is 5.16. The highest BCUT2D eigenvalue weighted by atomic mass is 32.1. The van der Waals surface area contributed by atoms with Crippen LogP contribution in [0.5, 0.6) is 0 Å². The molecule has 2 aromatic heterocycles. The second-order valence-electron chi connectivity index (χ2n) is 7.91. The first-order valence-electron chi connectivity index (χ1n) is 10.6. The van der Waals surface area contributed by atoms with Crippen LogP contribution in [0.15, 0.2) is 51.7 Å². The Kier molecular flexibility index (Phi) is 5.64. The average molecular weight is 508 g/mol. The summed E-state index contributed by atoms with van der Waals surface area (Å²) in [5.74, 6) is -2.67. The topological polar surface area (TPSA) is 116 Å². The number of ether oxygens (including phenoxy) is 2. The maximum absolute atomic E-state index is 14.0. The summed E-state index contributed by atoms with van der Waals surface area (Å²) in [4.78, 5) is 57.1. The van der Waals surface area contributed by atoms with Crippen molar-refractivity contribution in [2.45, 2.75) is 13.0 Å². The second-order valence-corrected chi connectivity index (χ2v) is 8.89. The first-order valence-corrected chi connectivity index (χ1v) is 11.4. The van der Waals surface area contributed by atoms with Crippen LogP contribution < -0.4 is 10.3 Å². The molecule has 4 aromatic rings. The van der Waals surface area contributed by atoms with E-state index in [2.05, 4.69) is 4.98 Å². The van der Waals surface area contributed by atoms with E-state index < -0.39 is 35.1 Å². The van der Waals surface area contributed by atoms with E-state index in [0.29, 0.717) is 11.3 Å². The number of hydrogen-bond acceptors (Lipinski definition) is 9. The number of rotatable bonds is 4. The van der Waals surface area contributed by atoms with Crippen LogP contribution in [0.4, 0.5) is 9.52 Å². The van der Waals surface area contributed by atoms with Crippen LogP contribution in [0.2, 0.25) is 0 Å². The summed E-state index contributed by atoms with van der Waals surface area (Å²) in [7, 11) is 2.49. The lowest BCUT2D eigenvalue weighted by Crippen LogP contribution is -2.29. The standard InChI is InChI=1S/C25H17FN2O7S/c1-11-21(24(32)34-3)36-25(27-11)28-18(12-4-6-13(7-5-12)23(31)33-2)17-19(29)15-10-14(26)8-9-16(15)35-20(17)22(28)30/h4-10,18H,1-3H3. The number of thiazole rings is 1. The van der Waals surface area contributed by atoms with E-state index in [1.54, 1.807) is 19.1 Å². The molecule has 5 rings (SSSR count). The molecule has 0 saturated carbocycles. The van der Waals surface area contributed by atoms with Crippen LogP contribution in [0.25, 0.3) is 11.0 Å². The molecule has 0 aliphatic carbocycles. The lowest BCUT2D eigenvalue weighted by molar-refractivity contribution is 0.0593. The summed E-state index contributed by atoms with van der Waals surface area (Å²) in [6.07, 6.45) is 0. The van der Waals surface area contributed by atoms with Crippen LogP contribution in [-0.4, -0.2) is 37.0 Å². The highest BCUT2D eigenvalue weighted by Crippen LogP contribution is 2.43. The zero-order valence-electron chi connectivity index (χ0n) is 19.2. The van der Waals surface area contributed by atoms with Gasteiger partial charge in [-0.2, -0.15) is 0 Å². The van der Waals surface area contributed by atoms with Gasteiger partial charge in [0.25, 0.3) is 5.91 Å². The minimum absolute atomic E-state index is 0.00334. The lowest BCUT2D eigenvalue weighted by atomic mass is 9.97. The molecule has 9 nitrogen and oxygen atoms in total. The minimum Gasteiger partial charge on any atom is -0.465 e. The van der Waals surface area contributed by atoms with E-state index in [9.17, 15) is 23.6 Å². The number of methoxy groups -OCH3 is 2. The maximum Gasteiger partial charge on any atom is 0.350 e. The number of halogens is 1. The molecular formula is C25H17FN2O7S. The Bertz CT molecular complexity index is 1620. The second kappa shape index (κ2) is 8.68. The molecule has 1 unspecified atom stereocenters. The molecule has 0 spiro atoms. The van der Waals surface area contributed by atoms with Gasteiger partial charge in [-0.05, 0) is 42.8 Å². The zero-order valence-corrected chi connectivity index (χ0v) is 20.0. The molecule has 1 atom stereocenters. The smallest absolute Gasteiger partial charge is 0.350 e. The number of fused-ring (bicyclic) bond motifs is 2. The molecule has 36 heavy (non-hydrogen) atoms. The molecule has 0 saturated heterocycles. The van der Waals surface area contributed by atoms with Gasteiger partial charge in [0, 0.05) is 0 Å². The Morgan fingerprint density at radius 1 is 1.06 bits per heavy atom.